The molecule has 0 bridgehead atoms. The first-order valence-corrected chi connectivity index (χ1v) is 8.59. The molecule has 0 aromatic carbocycles. The van der Waals surface area contributed by atoms with Gasteiger partial charge in [-0.3, -0.25) is 19.3 Å². The molecule has 1 unspecified atom stereocenters. The van der Waals surface area contributed by atoms with E-state index in [9.17, 15) is 14.4 Å². The summed E-state index contributed by atoms with van der Waals surface area (Å²) in [5.74, 6) is -0.287. The van der Waals surface area contributed by atoms with Crippen molar-refractivity contribution in [2.75, 3.05) is 13.2 Å². The minimum atomic E-state index is -0.555. The normalized spacial score (nSPS) is 19.8. The molecule has 132 valence electrons. The van der Waals surface area contributed by atoms with Crippen molar-refractivity contribution in [2.45, 2.75) is 65.2 Å². The molecule has 1 atom stereocenters. The predicted octanol–water partition coefficient (Wildman–Crippen LogP) is 2.48. The van der Waals surface area contributed by atoms with Gasteiger partial charge in [-0.2, -0.15) is 12.6 Å². The smallest absolute Gasteiger partial charge is 0.242 e. The van der Waals surface area contributed by atoms with E-state index >= 15 is 0 Å². The third kappa shape index (κ3) is 5.31. The van der Waals surface area contributed by atoms with E-state index in [1.165, 1.54) is 4.90 Å². The van der Waals surface area contributed by atoms with E-state index in [0.29, 0.717) is 19.6 Å². The summed E-state index contributed by atoms with van der Waals surface area (Å²) in [6, 6.07) is 0. The molecule has 2 amide bonds. The van der Waals surface area contributed by atoms with Crippen molar-refractivity contribution in [3.63, 3.8) is 0 Å². The SMILES string of the molecule is CC(C)C(=O)C(C)(C)COC(C)(C)CCN1C(=O)CC(S)C1=O. The van der Waals surface area contributed by atoms with Gasteiger partial charge in [0.25, 0.3) is 0 Å². The van der Waals surface area contributed by atoms with Crippen LogP contribution in [0.3, 0.4) is 0 Å². The Bertz CT molecular complexity index is 485. The lowest BCUT2D eigenvalue weighted by Gasteiger charge is -2.32. The van der Waals surface area contributed by atoms with E-state index in [-0.39, 0.29) is 29.9 Å². The summed E-state index contributed by atoms with van der Waals surface area (Å²) in [5, 5.41) is -0.519. The second-order valence-corrected chi connectivity index (χ2v) is 8.43. The monoisotopic (exact) mass is 343 g/mol. The van der Waals surface area contributed by atoms with Gasteiger partial charge in [0.1, 0.15) is 5.78 Å². The first-order valence-electron chi connectivity index (χ1n) is 8.08. The Balaban J connectivity index is 2.55. The second-order valence-electron chi connectivity index (χ2n) is 7.80. The summed E-state index contributed by atoms with van der Waals surface area (Å²) in [5.41, 5.74) is -1.08. The van der Waals surface area contributed by atoms with Gasteiger partial charge >= 0.3 is 0 Å². The van der Waals surface area contributed by atoms with Gasteiger partial charge in [-0.25, -0.2) is 0 Å². The fraction of sp³-hybridized carbons (Fsp3) is 0.824. The van der Waals surface area contributed by atoms with Crippen LogP contribution in [0.2, 0.25) is 0 Å². The van der Waals surface area contributed by atoms with Crippen LogP contribution in [0.4, 0.5) is 0 Å². The Morgan fingerprint density at radius 3 is 2.30 bits per heavy atom. The number of hydrogen-bond acceptors (Lipinski definition) is 5. The highest BCUT2D eigenvalue weighted by atomic mass is 32.1. The van der Waals surface area contributed by atoms with Gasteiger partial charge < -0.3 is 4.74 Å². The summed E-state index contributed by atoms with van der Waals surface area (Å²) < 4.78 is 5.93. The third-order valence-electron chi connectivity index (χ3n) is 4.17. The number of likely N-dealkylation sites (tertiary alicyclic amines) is 1. The molecular formula is C17H29NO4S. The summed E-state index contributed by atoms with van der Waals surface area (Å²) >= 11 is 4.11. The summed E-state index contributed by atoms with van der Waals surface area (Å²) in [6.07, 6.45) is 0.691. The molecule has 0 saturated carbocycles. The average molecular weight is 343 g/mol. The zero-order valence-corrected chi connectivity index (χ0v) is 15.9. The zero-order valence-electron chi connectivity index (χ0n) is 15.0. The van der Waals surface area contributed by atoms with Crippen molar-refractivity contribution in [2.24, 2.45) is 11.3 Å². The molecule has 1 aliphatic rings. The average Bonchev–Trinajstić information content (AvgIpc) is 2.67. The number of thiol groups is 1. The number of rotatable bonds is 8. The number of carbonyl (C=O) groups is 3. The number of hydrogen-bond donors (Lipinski definition) is 1. The number of nitrogens with zero attached hydrogens (tertiary/aromatic N) is 1. The molecule has 0 spiro atoms. The predicted molar refractivity (Wildman–Crippen MR) is 92.4 cm³/mol. The molecule has 1 fully saturated rings. The molecule has 1 aliphatic heterocycles. The van der Waals surface area contributed by atoms with Crippen LogP contribution in [0.15, 0.2) is 0 Å². The molecule has 0 N–H and O–H groups in total. The van der Waals surface area contributed by atoms with Crippen molar-refractivity contribution in [3.05, 3.63) is 0 Å². The van der Waals surface area contributed by atoms with E-state index in [2.05, 4.69) is 12.6 Å². The van der Waals surface area contributed by atoms with Crippen molar-refractivity contribution in [3.8, 4) is 0 Å². The van der Waals surface area contributed by atoms with E-state index < -0.39 is 16.3 Å². The molecule has 0 aromatic heterocycles. The largest absolute Gasteiger partial charge is 0.374 e. The Morgan fingerprint density at radius 2 is 1.87 bits per heavy atom. The maximum Gasteiger partial charge on any atom is 0.242 e. The maximum absolute atomic E-state index is 12.2. The van der Waals surface area contributed by atoms with Crippen LogP contribution >= 0.6 is 12.6 Å². The Labute approximate surface area is 144 Å². The number of imide groups is 1. The zero-order chi connectivity index (χ0) is 18.0. The Morgan fingerprint density at radius 1 is 1.30 bits per heavy atom. The number of carbonyl (C=O) groups excluding carboxylic acids is 3. The number of Topliss-reactive ketones (excluding diaryl/α,β-unsaturated/α-hetero) is 1. The molecule has 23 heavy (non-hydrogen) atoms. The van der Waals surface area contributed by atoms with Crippen LogP contribution in [0.1, 0.15) is 54.4 Å². The molecule has 1 saturated heterocycles. The van der Waals surface area contributed by atoms with E-state index in [1.54, 1.807) is 0 Å². The van der Waals surface area contributed by atoms with Gasteiger partial charge in [0, 0.05) is 24.3 Å². The summed E-state index contributed by atoms with van der Waals surface area (Å²) in [6.45, 7) is 12.0. The lowest BCUT2D eigenvalue weighted by molar-refractivity contribution is -0.140. The highest BCUT2D eigenvalue weighted by Crippen LogP contribution is 2.27. The molecule has 0 aliphatic carbocycles. The van der Waals surface area contributed by atoms with Crippen LogP contribution < -0.4 is 0 Å². The molecule has 1 heterocycles. The van der Waals surface area contributed by atoms with Gasteiger partial charge in [-0.15, -0.1) is 0 Å². The molecular weight excluding hydrogens is 314 g/mol. The van der Waals surface area contributed by atoms with Crippen LogP contribution in [-0.4, -0.2) is 46.5 Å². The minimum Gasteiger partial charge on any atom is -0.374 e. The molecule has 5 nitrogen and oxygen atoms in total. The van der Waals surface area contributed by atoms with Crippen LogP contribution in [-0.2, 0) is 19.1 Å². The molecule has 1 rings (SSSR count). The Kier molecular flexibility index (Phi) is 6.44. The first kappa shape index (κ1) is 20.2. The third-order valence-corrected chi connectivity index (χ3v) is 4.58. The highest BCUT2D eigenvalue weighted by molar-refractivity contribution is 7.81. The fourth-order valence-electron chi connectivity index (χ4n) is 2.58. The molecule has 0 aromatic rings. The van der Waals surface area contributed by atoms with Gasteiger partial charge in [0.15, 0.2) is 0 Å². The van der Waals surface area contributed by atoms with Crippen molar-refractivity contribution < 1.29 is 19.1 Å². The Hall–Kier alpha value is -0.880. The van der Waals surface area contributed by atoms with Gasteiger partial charge in [0.05, 0.1) is 17.5 Å². The van der Waals surface area contributed by atoms with E-state index in [4.69, 9.17) is 4.74 Å². The van der Waals surface area contributed by atoms with Crippen LogP contribution in [0.5, 0.6) is 0 Å². The lowest BCUT2D eigenvalue weighted by Crippen LogP contribution is -2.40. The summed E-state index contributed by atoms with van der Waals surface area (Å²) in [4.78, 5) is 37.1. The van der Waals surface area contributed by atoms with Gasteiger partial charge in [0.2, 0.25) is 11.8 Å². The van der Waals surface area contributed by atoms with Crippen LogP contribution in [0.25, 0.3) is 0 Å². The van der Waals surface area contributed by atoms with E-state index in [1.807, 2.05) is 41.5 Å². The highest BCUT2D eigenvalue weighted by Gasteiger charge is 2.38. The van der Waals surface area contributed by atoms with Crippen molar-refractivity contribution in [1.29, 1.82) is 0 Å². The van der Waals surface area contributed by atoms with Gasteiger partial charge in [-0.05, 0) is 20.3 Å². The standard InChI is InChI=1S/C17H29NO4S/c1-11(2)14(20)16(3,4)10-22-17(5,6)7-8-18-13(19)9-12(23)15(18)21/h11-12,23H,7-10H2,1-6H3. The van der Waals surface area contributed by atoms with Gasteiger partial charge in [-0.1, -0.05) is 27.7 Å². The fourth-order valence-corrected chi connectivity index (χ4v) is 2.88. The first-order chi connectivity index (χ1) is 10.4. The molecule has 0 radical (unpaired) electrons. The number of amides is 2. The number of ether oxygens (including phenoxy) is 1. The maximum atomic E-state index is 12.2. The van der Waals surface area contributed by atoms with Crippen LogP contribution in [0, 0.1) is 11.3 Å². The topological polar surface area (TPSA) is 63.7 Å². The quantitative estimate of drug-likeness (QED) is 0.543. The van der Waals surface area contributed by atoms with Crippen molar-refractivity contribution >= 4 is 30.2 Å². The van der Waals surface area contributed by atoms with Crippen molar-refractivity contribution in [1.82, 2.24) is 4.90 Å². The summed E-state index contributed by atoms with van der Waals surface area (Å²) in [7, 11) is 0. The second kappa shape index (κ2) is 7.34. The number of ketones is 1. The lowest BCUT2D eigenvalue weighted by atomic mass is 9.83. The van der Waals surface area contributed by atoms with E-state index in [0.717, 1.165) is 0 Å². The minimum absolute atomic E-state index is 0.0381. The molecule has 6 heteroatoms.